The Labute approximate surface area is 359 Å². The van der Waals surface area contributed by atoms with Gasteiger partial charge in [0.25, 0.3) is 0 Å². The summed E-state index contributed by atoms with van der Waals surface area (Å²) in [7, 11) is 0. The molecule has 1 aliphatic carbocycles. The molecule has 1 heteroatoms. The molecule has 0 aliphatic heterocycles. The summed E-state index contributed by atoms with van der Waals surface area (Å²) in [4.78, 5) is 0. The number of furan rings is 1. The van der Waals surface area contributed by atoms with E-state index in [0.29, 0.717) is 0 Å². The third kappa shape index (κ3) is 4.97. The Morgan fingerprint density at radius 3 is 1.45 bits per heavy atom. The Morgan fingerprint density at radius 2 is 0.790 bits per heavy atom. The number of rotatable bonds is 5. The minimum absolute atomic E-state index is 0.474. The molecule has 0 saturated heterocycles. The highest BCUT2D eigenvalue weighted by Crippen LogP contribution is 2.57. The molecule has 0 atom stereocenters. The van der Waals surface area contributed by atoms with Crippen LogP contribution in [0, 0.1) is 0 Å². The SMILES string of the molecule is c1ccc(C2(c3ccccc3)c3ccccc3-c3ccc(-c4c5ccccc5c(-c5ccc(-c6cccc7oc8cc9ccccc9cc8c67)cc5)c5ccccc45)cc32)cc1. The Bertz CT molecular complexity index is 3630. The summed E-state index contributed by atoms with van der Waals surface area (Å²) in [5.74, 6) is 0. The maximum Gasteiger partial charge on any atom is 0.136 e. The monoisotopic (exact) mass is 786 g/mol. The summed E-state index contributed by atoms with van der Waals surface area (Å²) in [5, 5.41) is 9.67. The summed E-state index contributed by atoms with van der Waals surface area (Å²) in [6.07, 6.45) is 0. The second-order valence-electron chi connectivity index (χ2n) is 16.7. The van der Waals surface area contributed by atoms with Crippen LogP contribution in [0.5, 0.6) is 0 Å². The molecular weight excluding hydrogens is 749 g/mol. The molecule has 0 fully saturated rings. The highest BCUT2D eigenvalue weighted by atomic mass is 16.3. The molecule has 0 unspecified atom stereocenters. The number of hydrogen-bond donors (Lipinski definition) is 0. The van der Waals surface area contributed by atoms with E-state index in [2.05, 4.69) is 231 Å². The molecule has 0 bridgehead atoms. The van der Waals surface area contributed by atoms with E-state index in [1.807, 2.05) is 0 Å². The van der Waals surface area contributed by atoms with Gasteiger partial charge in [-0.05, 0) is 123 Å². The van der Waals surface area contributed by atoms with Crippen molar-refractivity contribution in [3.05, 3.63) is 253 Å². The first-order valence-electron chi connectivity index (χ1n) is 21.5. The van der Waals surface area contributed by atoms with Gasteiger partial charge in [0.2, 0.25) is 0 Å². The van der Waals surface area contributed by atoms with E-state index < -0.39 is 5.41 Å². The van der Waals surface area contributed by atoms with E-state index in [0.717, 1.165) is 21.9 Å². The smallest absolute Gasteiger partial charge is 0.136 e. The maximum atomic E-state index is 6.46. The van der Waals surface area contributed by atoms with Crippen molar-refractivity contribution in [2.24, 2.45) is 0 Å². The fraction of sp³-hybridized carbons (Fsp3) is 0.0164. The lowest BCUT2D eigenvalue weighted by atomic mass is 9.67. The lowest BCUT2D eigenvalue weighted by Crippen LogP contribution is -2.28. The molecule has 1 heterocycles. The Balaban J connectivity index is 1.00. The standard InChI is InChI=1S/C61H38O/c1-3-18-44(19-4-1)61(45-20-5-2-6-21-45)54-28-14-13-22-47(54)48-35-34-43(37-55(48)61)59-51-25-11-9-23-49(51)58(50-24-10-12-26-52(50)59)40-32-30-39(31-33-40)46-27-15-29-56-60(46)53-36-41-16-7-8-17-42(41)38-57(53)62-56/h1-38H. The van der Waals surface area contributed by atoms with Crippen LogP contribution in [-0.2, 0) is 5.41 Å². The first kappa shape index (κ1) is 34.8. The third-order valence-electron chi connectivity index (χ3n) is 13.5. The van der Waals surface area contributed by atoms with Crippen LogP contribution in [-0.4, -0.2) is 0 Å². The third-order valence-corrected chi connectivity index (χ3v) is 13.5. The second kappa shape index (κ2) is 13.5. The summed E-state index contributed by atoms with van der Waals surface area (Å²) in [6, 6.07) is 84.9. The zero-order valence-electron chi connectivity index (χ0n) is 33.8. The van der Waals surface area contributed by atoms with Crippen LogP contribution in [0.2, 0.25) is 0 Å². The second-order valence-corrected chi connectivity index (χ2v) is 16.7. The van der Waals surface area contributed by atoms with Gasteiger partial charge in [0.05, 0.1) is 5.41 Å². The van der Waals surface area contributed by atoms with E-state index in [1.165, 1.54) is 99.1 Å². The summed E-state index contributed by atoms with van der Waals surface area (Å²) in [6.45, 7) is 0. The van der Waals surface area contributed by atoms with E-state index in [1.54, 1.807) is 0 Å². The molecule has 0 amide bonds. The highest BCUT2D eigenvalue weighted by Gasteiger charge is 2.46. The van der Waals surface area contributed by atoms with E-state index in [-0.39, 0.29) is 0 Å². The van der Waals surface area contributed by atoms with Gasteiger partial charge in [-0.2, -0.15) is 0 Å². The predicted octanol–water partition coefficient (Wildman–Crippen LogP) is 16.4. The van der Waals surface area contributed by atoms with Crippen LogP contribution in [0.3, 0.4) is 0 Å². The van der Waals surface area contributed by atoms with Crippen molar-refractivity contribution >= 4 is 54.3 Å². The molecule has 11 aromatic carbocycles. The van der Waals surface area contributed by atoms with Gasteiger partial charge in [0.1, 0.15) is 11.2 Å². The van der Waals surface area contributed by atoms with Crippen LogP contribution in [0.1, 0.15) is 22.3 Å². The molecule has 62 heavy (non-hydrogen) atoms. The molecular formula is C61H38O. The number of benzene rings is 11. The van der Waals surface area contributed by atoms with E-state index in [4.69, 9.17) is 4.42 Å². The lowest BCUT2D eigenvalue weighted by molar-refractivity contribution is 0.669. The summed E-state index contributed by atoms with van der Waals surface area (Å²) < 4.78 is 6.46. The average molecular weight is 787 g/mol. The topological polar surface area (TPSA) is 13.1 Å². The van der Waals surface area contributed by atoms with Crippen molar-refractivity contribution in [3.63, 3.8) is 0 Å². The van der Waals surface area contributed by atoms with Crippen LogP contribution in [0.15, 0.2) is 235 Å². The van der Waals surface area contributed by atoms with Gasteiger partial charge in [-0.15, -0.1) is 0 Å². The predicted molar refractivity (Wildman–Crippen MR) is 260 cm³/mol. The first-order chi connectivity index (χ1) is 30.8. The zero-order valence-corrected chi connectivity index (χ0v) is 33.8. The van der Waals surface area contributed by atoms with Gasteiger partial charge in [-0.3, -0.25) is 0 Å². The van der Waals surface area contributed by atoms with E-state index in [9.17, 15) is 0 Å². The van der Waals surface area contributed by atoms with Crippen LogP contribution < -0.4 is 0 Å². The molecule has 12 aromatic rings. The molecule has 1 aliphatic rings. The fourth-order valence-electron chi connectivity index (χ4n) is 10.9. The van der Waals surface area contributed by atoms with Crippen LogP contribution >= 0.6 is 0 Å². The van der Waals surface area contributed by atoms with Gasteiger partial charge >= 0.3 is 0 Å². The van der Waals surface area contributed by atoms with Crippen molar-refractivity contribution in [3.8, 4) is 44.5 Å². The Kier molecular flexibility index (Phi) is 7.59. The van der Waals surface area contributed by atoms with Gasteiger partial charge in [0, 0.05) is 10.8 Å². The van der Waals surface area contributed by atoms with Gasteiger partial charge in [-0.1, -0.05) is 206 Å². The minimum atomic E-state index is -0.474. The Morgan fingerprint density at radius 1 is 0.290 bits per heavy atom. The largest absolute Gasteiger partial charge is 0.456 e. The fourth-order valence-corrected chi connectivity index (χ4v) is 10.9. The molecule has 0 radical (unpaired) electrons. The van der Waals surface area contributed by atoms with Gasteiger partial charge in [0.15, 0.2) is 0 Å². The van der Waals surface area contributed by atoms with Crippen molar-refractivity contribution < 1.29 is 4.42 Å². The van der Waals surface area contributed by atoms with Crippen molar-refractivity contribution in [1.29, 1.82) is 0 Å². The quantitative estimate of drug-likeness (QED) is 0.158. The number of fused-ring (bicyclic) bond motifs is 9. The van der Waals surface area contributed by atoms with Crippen molar-refractivity contribution in [2.75, 3.05) is 0 Å². The molecule has 13 rings (SSSR count). The van der Waals surface area contributed by atoms with Crippen LogP contribution in [0.4, 0.5) is 0 Å². The van der Waals surface area contributed by atoms with Crippen molar-refractivity contribution in [1.82, 2.24) is 0 Å². The molecule has 288 valence electrons. The summed E-state index contributed by atoms with van der Waals surface area (Å²) >= 11 is 0. The average Bonchev–Trinajstić information content (AvgIpc) is 3.86. The lowest BCUT2D eigenvalue weighted by Gasteiger charge is -2.34. The minimum Gasteiger partial charge on any atom is -0.456 e. The van der Waals surface area contributed by atoms with Crippen molar-refractivity contribution in [2.45, 2.75) is 5.41 Å². The molecule has 0 saturated carbocycles. The van der Waals surface area contributed by atoms with Crippen LogP contribution in [0.25, 0.3) is 98.8 Å². The molecule has 0 spiro atoms. The van der Waals surface area contributed by atoms with Gasteiger partial charge in [-0.25, -0.2) is 0 Å². The molecule has 0 N–H and O–H groups in total. The van der Waals surface area contributed by atoms with E-state index >= 15 is 0 Å². The molecule has 1 nitrogen and oxygen atoms in total. The normalized spacial score (nSPS) is 13.0. The van der Waals surface area contributed by atoms with Gasteiger partial charge < -0.3 is 4.42 Å². The highest BCUT2D eigenvalue weighted by molar-refractivity contribution is 6.22. The number of hydrogen-bond acceptors (Lipinski definition) is 1. The zero-order chi connectivity index (χ0) is 40.8. The first-order valence-corrected chi connectivity index (χ1v) is 21.5. The summed E-state index contributed by atoms with van der Waals surface area (Å²) in [5.41, 5.74) is 16.4. The molecule has 1 aromatic heterocycles. The Hall–Kier alpha value is -8.00. The maximum absolute atomic E-state index is 6.46.